The fraction of sp³-hybridized carbons (Fsp3) is 0.0625. The van der Waals surface area contributed by atoms with Crippen LogP contribution in [0.1, 0.15) is 5.69 Å². The maximum absolute atomic E-state index is 11.9. The van der Waals surface area contributed by atoms with Crippen LogP contribution in [0.2, 0.25) is 0 Å². The molecule has 0 fully saturated rings. The number of rotatable bonds is 2. The number of fused-ring (bicyclic) bond motifs is 2. The predicted octanol–water partition coefficient (Wildman–Crippen LogP) is 1.70. The molecular formula is C16H13N5O. The first-order valence-corrected chi connectivity index (χ1v) is 6.92. The van der Waals surface area contributed by atoms with E-state index in [9.17, 15) is 4.79 Å². The Kier molecular flexibility index (Phi) is 2.77. The Morgan fingerprint density at radius 1 is 1.18 bits per heavy atom. The molecule has 0 atom stereocenters. The summed E-state index contributed by atoms with van der Waals surface area (Å²) in [7, 11) is 0. The number of nitrogens with zero attached hydrogens (tertiary/aromatic N) is 3. The molecule has 0 saturated carbocycles. The summed E-state index contributed by atoms with van der Waals surface area (Å²) in [4.78, 5) is 11.9. The highest BCUT2D eigenvalue weighted by molar-refractivity contribution is 5.91. The highest BCUT2D eigenvalue weighted by Crippen LogP contribution is 2.27. The first-order valence-electron chi connectivity index (χ1n) is 6.92. The van der Waals surface area contributed by atoms with Crippen molar-refractivity contribution in [1.82, 2.24) is 19.8 Å². The number of benzene rings is 1. The third kappa shape index (κ3) is 1.82. The average molecular weight is 291 g/mol. The zero-order valence-electron chi connectivity index (χ0n) is 11.7. The lowest BCUT2D eigenvalue weighted by Crippen LogP contribution is -2.13. The molecule has 0 radical (unpaired) electrons. The lowest BCUT2D eigenvalue weighted by molar-refractivity contribution is 0.900. The highest BCUT2D eigenvalue weighted by atomic mass is 16.1. The standard InChI is InChI=1S/C16H13N5O/c17-8-14-12-7-10(4-5-11(12)16(22)20-19-14)13-9-18-21-6-2-1-3-15(13)21/h1-7,9H,8,17H2,(H,20,22). The minimum absolute atomic E-state index is 0.210. The van der Waals surface area contributed by atoms with E-state index in [1.165, 1.54) is 0 Å². The Labute approximate surface area is 125 Å². The third-order valence-corrected chi connectivity index (χ3v) is 3.80. The number of nitrogens with one attached hydrogen (secondary N) is 1. The van der Waals surface area contributed by atoms with Crippen LogP contribution in [0.15, 0.2) is 53.6 Å². The van der Waals surface area contributed by atoms with Gasteiger partial charge >= 0.3 is 0 Å². The second kappa shape index (κ2) is 4.78. The summed E-state index contributed by atoms with van der Waals surface area (Å²) in [6, 6.07) is 11.6. The summed E-state index contributed by atoms with van der Waals surface area (Å²) in [6.07, 6.45) is 3.72. The van der Waals surface area contributed by atoms with Gasteiger partial charge in [-0.1, -0.05) is 12.1 Å². The topological polar surface area (TPSA) is 89.1 Å². The minimum atomic E-state index is -0.210. The summed E-state index contributed by atoms with van der Waals surface area (Å²) >= 11 is 0. The second-order valence-electron chi connectivity index (χ2n) is 5.05. The molecule has 0 aliphatic rings. The molecule has 0 spiro atoms. The molecule has 0 aliphatic carbocycles. The number of nitrogens with two attached hydrogens (primary N) is 1. The van der Waals surface area contributed by atoms with E-state index in [0.29, 0.717) is 11.1 Å². The third-order valence-electron chi connectivity index (χ3n) is 3.80. The van der Waals surface area contributed by atoms with Gasteiger partial charge in [0.25, 0.3) is 5.56 Å². The normalized spacial score (nSPS) is 11.3. The van der Waals surface area contributed by atoms with E-state index >= 15 is 0 Å². The molecule has 0 bridgehead atoms. The first kappa shape index (κ1) is 12.7. The molecule has 6 heteroatoms. The van der Waals surface area contributed by atoms with Crippen molar-refractivity contribution in [2.24, 2.45) is 5.73 Å². The van der Waals surface area contributed by atoms with Crippen LogP contribution in [0.25, 0.3) is 27.4 Å². The molecule has 0 saturated heterocycles. The van der Waals surface area contributed by atoms with Gasteiger partial charge in [-0.15, -0.1) is 0 Å². The summed E-state index contributed by atoms with van der Waals surface area (Å²) < 4.78 is 1.82. The van der Waals surface area contributed by atoms with Gasteiger partial charge in [-0.3, -0.25) is 4.79 Å². The van der Waals surface area contributed by atoms with Gasteiger partial charge in [0, 0.05) is 23.7 Å². The van der Waals surface area contributed by atoms with Crippen molar-refractivity contribution in [2.45, 2.75) is 6.54 Å². The molecule has 0 unspecified atom stereocenters. The SMILES string of the molecule is NCc1n[nH]c(=O)c2ccc(-c3cnn4ccccc34)cc12. The smallest absolute Gasteiger partial charge is 0.272 e. The number of aromatic nitrogens is 4. The Hall–Kier alpha value is -2.99. The van der Waals surface area contributed by atoms with E-state index in [0.717, 1.165) is 22.0 Å². The zero-order chi connectivity index (χ0) is 15.1. The van der Waals surface area contributed by atoms with Crippen molar-refractivity contribution < 1.29 is 0 Å². The van der Waals surface area contributed by atoms with Gasteiger partial charge in [-0.2, -0.15) is 10.2 Å². The minimum Gasteiger partial charge on any atom is -0.325 e. The Bertz CT molecular complexity index is 1050. The van der Waals surface area contributed by atoms with Gasteiger partial charge in [-0.05, 0) is 29.8 Å². The fourth-order valence-electron chi connectivity index (χ4n) is 2.70. The van der Waals surface area contributed by atoms with Crippen LogP contribution in [0.4, 0.5) is 0 Å². The number of aromatic amines is 1. The summed E-state index contributed by atoms with van der Waals surface area (Å²) in [5.74, 6) is 0. The monoisotopic (exact) mass is 291 g/mol. The molecule has 0 aliphatic heterocycles. The van der Waals surface area contributed by atoms with Crippen LogP contribution in [0.3, 0.4) is 0 Å². The number of hydrogen-bond acceptors (Lipinski definition) is 4. The maximum Gasteiger partial charge on any atom is 0.272 e. The number of hydrogen-bond donors (Lipinski definition) is 2. The Balaban J connectivity index is 2.02. The number of H-pyrrole nitrogens is 1. The van der Waals surface area contributed by atoms with Crippen molar-refractivity contribution in [3.05, 3.63) is 64.8 Å². The van der Waals surface area contributed by atoms with Gasteiger partial charge in [0.05, 0.1) is 22.8 Å². The van der Waals surface area contributed by atoms with Gasteiger partial charge in [0.2, 0.25) is 0 Å². The molecule has 3 aromatic heterocycles. The van der Waals surface area contributed by atoms with Crippen molar-refractivity contribution in [3.8, 4) is 11.1 Å². The molecule has 4 rings (SSSR count). The first-order chi connectivity index (χ1) is 10.8. The van der Waals surface area contributed by atoms with Gasteiger partial charge in [0.1, 0.15) is 0 Å². The highest BCUT2D eigenvalue weighted by Gasteiger charge is 2.10. The van der Waals surface area contributed by atoms with Crippen LogP contribution in [-0.4, -0.2) is 19.8 Å². The van der Waals surface area contributed by atoms with Crippen molar-refractivity contribution in [2.75, 3.05) is 0 Å². The van der Waals surface area contributed by atoms with Crippen LogP contribution in [0.5, 0.6) is 0 Å². The van der Waals surface area contributed by atoms with E-state index in [1.807, 2.05) is 47.2 Å². The van der Waals surface area contributed by atoms with Gasteiger partial charge in [-0.25, -0.2) is 9.61 Å². The second-order valence-corrected chi connectivity index (χ2v) is 5.05. The van der Waals surface area contributed by atoms with Crippen LogP contribution in [0, 0.1) is 0 Å². The molecule has 6 nitrogen and oxygen atoms in total. The van der Waals surface area contributed by atoms with Crippen molar-refractivity contribution in [1.29, 1.82) is 0 Å². The molecule has 3 heterocycles. The largest absolute Gasteiger partial charge is 0.325 e. The summed E-state index contributed by atoms with van der Waals surface area (Å²) in [5.41, 5.74) is 9.18. The molecule has 22 heavy (non-hydrogen) atoms. The zero-order valence-corrected chi connectivity index (χ0v) is 11.7. The molecule has 4 aromatic rings. The quantitative estimate of drug-likeness (QED) is 0.588. The van der Waals surface area contributed by atoms with Gasteiger partial charge < -0.3 is 5.73 Å². The van der Waals surface area contributed by atoms with Crippen LogP contribution in [-0.2, 0) is 6.54 Å². The Morgan fingerprint density at radius 3 is 2.95 bits per heavy atom. The number of pyridine rings is 1. The summed E-state index contributed by atoms with van der Waals surface area (Å²) in [5, 5.41) is 12.2. The van der Waals surface area contributed by atoms with Crippen LogP contribution >= 0.6 is 0 Å². The molecule has 3 N–H and O–H groups in total. The molecule has 0 amide bonds. The van der Waals surface area contributed by atoms with Crippen molar-refractivity contribution >= 4 is 16.3 Å². The van der Waals surface area contributed by atoms with E-state index in [2.05, 4.69) is 15.3 Å². The van der Waals surface area contributed by atoms with E-state index in [4.69, 9.17) is 5.73 Å². The van der Waals surface area contributed by atoms with E-state index < -0.39 is 0 Å². The lowest BCUT2D eigenvalue weighted by atomic mass is 10.0. The lowest BCUT2D eigenvalue weighted by Gasteiger charge is -2.05. The predicted molar refractivity (Wildman–Crippen MR) is 84.4 cm³/mol. The van der Waals surface area contributed by atoms with Crippen LogP contribution < -0.4 is 11.3 Å². The van der Waals surface area contributed by atoms with Gasteiger partial charge in [0.15, 0.2) is 0 Å². The molecule has 108 valence electrons. The average Bonchev–Trinajstić information content (AvgIpc) is 2.99. The maximum atomic E-state index is 11.9. The van der Waals surface area contributed by atoms with E-state index in [-0.39, 0.29) is 12.1 Å². The summed E-state index contributed by atoms with van der Waals surface area (Å²) in [6.45, 7) is 0.269. The van der Waals surface area contributed by atoms with E-state index in [1.54, 1.807) is 6.07 Å². The molecule has 1 aromatic carbocycles. The Morgan fingerprint density at radius 2 is 2.09 bits per heavy atom. The fourth-order valence-corrected chi connectivity index (χ4v) is 2.70. The molecular weight excluding hydrogens is 278 g/mol. The van der Waals surface area contributed by atoms with Crippen molar-refractivity contribution in [3.63, 3.8) is 0 Å².